The van der Waals surface area contributed by atoms with Crippen LogP contribution in [0.4, 0.5) is 5.69 Å². The minimum Gasteiger partial charge on any atom is -0.399 e. The van der Waals surface area contributed by atoms with E-state index in [0.717, 1.165) is 22.0 Å². The van der Waals surface area contributed by atoms with Crippen LogP contribution in [0.25, 0.3) is 0 Å². The van der Waals surface area contributed by atoms with Crippen LogP contribution in [0.3, 0.4) is 0 Å². The van der Waals surface area contributed by atoms with Crippen molar-refractivity contribution in [2.45, 2.75) is 19.8 Å². The van der Waals surface area contributed by atoms with Gasteiger partial charge < -0.3 is 10.3 Å². The smallest absolute Gasteiger partial charge is 0.231 e. The van der Waals surface area contributed by atoms with Crippen LogP contribution in [0, 0.1) is 6.92 Å². The third-order valence-electron chi connectivity index (χ3n) is 2.82. The number of rotatable bonds is 4. The molecule has 2 heterocycles. The van der Waals surface area contributed by atoms with Crippen molar-refractivity contribution < 1.29 is 4.52 Å². The maximum atomic E-state index is 5.65. The molecule has 0 amide bonds. The van der Waals surface area contributed by atoms with Gasteiger partial charge in [-0.2, -0.15) is 4.98 Å². The van der Waals surface area contributed by atoms with Crippen LogP contribution in [-0.4, -0.2) is 15.1 Å². The molecule has 2 aromatic heterocycles. The van der Waals surface area contributed by atoms with Crippen molar-refractivity contribution in [2.24, 2.45) is 0 Å². The van der Waals surface area contributed by atoms with Gasteiger partial charge in [-0.1, -0.05) is 17.3 Å². The summed E-state index contributed by atoms with van der Waals surface area (Å²) in [6.45, 7) is 1.97. The number of nitrogen functional groups attached to an aromatic ring is 1. The van der Waals surface area contributed by atoms with Gasteiger partial charge in [0.15, 0.2) is 5.82 Å². The van der Waals surface area contributed by atoms with Crippen molar-refractivity contribution in [2.75, 3.05) is 5.73 Å². The van der Waals surface area contributed by atoms with Crippen LogP contribution in [0.15, 0.2) is 34.2 Å². The van der Waals surface area contributed by atoms with Crippen LogP contribution < -0.4 is 5.73 Å². The fourth-order valence-corrected chi connectivity index (χ4v) is 2.63. The molecule has 0 aliphatic heterocycles. The summed E-state index contributed by atoms with van der Waals surface area (Å²) in [5, 5.41) is 7.01. The first-order valence-electron chi connectivity index (χ1n) is 6.26. The molecular formula is C14H14N4OS. The maximum Gasteiger partial charge on any atom is 0.231 e. The largest absolute Gasteiger partial charge is 0.399 e. The summed E-state index contributed by atoms with van der Waals surface area (Å²) in [5.74, 6) is 1.28. The Morgan fingerprint density at radius 1 is 1.15 bits per heavy atom. The summed E-state index contributed by atoms with van der Waals surface area (Å²) < 4.78 is 5.26. The number of hydrogen-bond donors (Lipinski definition) is 1. The molecule has 0 radical (unpaired) electrons. The number of aryl methyl sites for hydroxylation is 1. The third kappa shape index (κ3) is 3.03. The normalized spacial score (nSPS) is 10.8. The van der Waals surface area contributed by atoms with Crippen molar-refractivity contribution in [3.63, 3.8) is 0 Å². The minimum atomic E-state index is 0.609. The molecular weight excluding hydrogens is 272 g/mol. The molecule has 102 valence electrons. The summed E-state index contributed by atoms with van der Waals surface area (Å²) in [6.07, 6.45) is 1.23. The Hall–Kier alpha value is -2.21. The molecule has 0 fully saturated rings. The molecule has 0 saturated heterocycles. The monoisotopic (exact) mass is 286 g/mol. The lowest BCUT2D eigenvalue weighted by molar-refractivity contribution is 0.380. The van der Waals surface area contributed by atoms with Crippen molar-refractivity contribution in [3.8, 4) is 0 Å². The molecule has 0 spiro atoms. The van der Waals surface area contributed by atoms with E-state index in [2.05, 4.69) is 15.1 Å². The van der Waals surface area contributed by atoms with Gasteiger partial charge in [-0.25, -0.2) is 4.98 Å². The van der Waals surface area contributed by atoms with Crippen LogP contribution in [0.5, 0.6) is 0 Å². The highest BCUT2D eigenvalue weighted by Gasteiger charge is 2.09. The highest BCUT2D eigenvalue weighted by Crippen LogP contribution is 2.14. The van der Waals surface area contributed by atoms with Gasteiger partial charge in [0, 0.05) is 16.8 Å². The number of benzene rings is 1. The average Bonchev–Trinajstić information content (AvgIpc) is 3.02. The molecule has 0 saturated carbocycles. The lowest BCUT2D eigenvalue weighted by Crippen LogP contribution is -1.93. The lowest BCUT2D eigenvalue weighted by atomic mass is 10.1. The molecule has 20 heavy (non-hydrogen) atoms. The predicted octanol–water partition coefficient (Wildman–Crippen LogP) is 2.60. The predicted molar refractivity (Wildman–Crippen MR) is 77.6 cm³/mol. The van der Waals surface area contributed by atoms with E-state index in [-0.39, 0.29) is 0 Å². The van der Waals surface area contributed by atoms with Crippen molar-refractivity contribution in [1.82, 2.24) is 15.1 Å². The number of thiazole rings is 1. The summed E-state index contributed by atoms with van der Waals surface area (Å²) in [7, 11) is 0. The molecule has 0 unspecified atom stereocenters. The molecule has 0 aliphatic carbocycles. The van der Waals surface area contributed by atoms with E-state index >= 15 is 0 Å². The molecule has 0 aliphatic rings. The van der Waals surface area contributed by atoms with E-state index in [4.69, 9.17) is 10.3 Å². The number of anilines is 1. The van der Waals surface area contributed by atoms with E-state index < -0.39 is 0 Å². The first-order valence-corrected chi connectivity index (χ1v) is 7.14. The Labute approximate surface area is 120 Å². The molecule has 2 N–H and O–H groups in total. The molecule has 6 heteroatoms. The zero-order valence-electron chi connectivity index (χ0n) is 11.0. The van der Waals surface area contributed by atoms with Gasteiger partial charge in [-0.15, -0.1) is 11.3 Å². The third-order valence-corrected chi connectivity index (χ3v) is 3.79. The van der Waals surface area contributed by atoms with Gasteiger partial charge >= 0.3 is 0 Å². The van der Waals surface area contributed by atoms with E-state index in [9.17, 15) is 0 Å². The van der Waals surface area contributed by atoms with E-state index in [1.165, 1.54) is 0 Å². The first-order chi connectivity index (χ1) is 9.69. The van der Waals surface area contributed by atoms with Crippen LogP contribution >= 0.6 is 11.3 Å². The summed E-state index contributed by atoms with van der Waals surface area (Å²) in [5.41, 5.74) is 8.52. The van der Waals surface area contributed by atoms with E-state index in [0.29, 0.717) is 24.6 Å². The van der Waals surface area contributed by atoms with Crippen LogP contribution in [-0.2, 0) is 12.8 Å². The lowest BCUT2D eigenvalue weighted by Gasteiger charge is -1.96. The Morgan fingerprint density at radius 3 is 2.65 bits per heavy atom. The summed E-state index contributed by atoms with van der Waals surface area (Å²) in [6, 6.07) is 7.66. The number of nitrogens with zero attached hydrogens (tertiary/aromatic N) is 3. The quantitative estimate of drug-likeness (QED) is 0.746. The Bertz CT molecular complexity index is 702. The zero-order valence-corrected chi connectivity index (χ0v) is 11.9. The molecule has 5 nitrogen and oxygen atoms in total. The van der Waals surface area contributed by atoms with E-state index in [1.807, 2.05) is 36.6 Å². The van der Waals surface area contributed by atoms with Crippen LogP contribution in [0.2, 0.25) is 0 Å². The van der Waals surface area contributed by atoms with Crippen molar-refractivity contribution >= 4 is 17.0 Å². The van der Waals surface area contributed by atoms with Gasteiger partial charge in [-0.3, -0.25) is 0 Å². The highest BCUT2D eigenvalue weighted by molar-refractivity contribution is 7.09. The fourth-order valence-electron chi connectivity index (χ4n) is 1.86. The Balaban J connectivity index is 1.68. The molecule has 0 bridgehead atoms. The number of hydrogen-bond acceptors (Lipinski definition) is 6. The minimum absolute atomic E-state index is 0.609. The summed E-state index contributed by atoms with van der Waals surface area (Å²) in [4.78, 5) is 8.78. The Morgan fingerprint density at radius 2 is 1.95 bits per heavy atom. The van der Waals surface area contributed by atoms with Gasteiger partial charge in [0.2, 0.25) is 5.89 Å². The SMILES string of the molecule is Cc1csc(Cc2noc(Cc3ccc(N)cc3)n2)n1. The van der Waals surface area contributed by atoms with Gasteiger partial charge in [0.05, 0.1) is 12.8 Å². The van der Waals surface area contributed by atoms with E-state index in [1.54, 1.807) is 11.3 Å². The topological polar surface area (TPSA) is 77.8 Å². The summed E-state index contributed by atoms with van der Waals surface area (Å²) >= 11 is 1.61. The fraction of sp³-hybridized carbons (Fsp3) is 0.214. The standard InChI is InChI=1S/C14H14N4OS/c1-9-8-20-14(16-9)7-12-17-13(19-18-12)6-10-2-4-11(15)5-3-10/h2-5,8H,6-7,15H2,1H3. The number of aromatic nitrogens is 3. The molecule has 1 aromatic carbocycles. The first kappa shape index (κ1) is 12.8. The molecule has 3 rings (SSSR count). The van der Waals surface area contributed by atoms with Gasteiger partial charge in [-0.05, 0) is 24.6 Å². The van der Waals surface area contributed by atoms with Crippen LogP contribution in [0.1, 0.15) is 28.0 Å². The second kappa shape index (κ2) is 5.42. The average molecular weight is 286 g/mol. The second-order valence-corrected chi connectivity index (χ2v) is 5.52. The van der Waals surface area contributed by atoms with Gasteiger partial charge in [0.25, 0.3) is 0 Å². The highest BCUT2D eigenvalue weighted by atomic mass is 32.1. The van der Waals surface area contributed by atoms with Gasteiger partial charge in [0.1, 0.15) is 5.01 Å². The second-order valence-electron chi connectivity index (χ2n) is 4.58. The van der Waals surface area contributed by atoms with Crippen molar-refractivity contribution in [1.29, 1.82) is 0 Å². The number of nitrogens with two attached hydrogens (primary N) is 1. The zero-order chi connectivity index (χ0) is 13.9. The van der Waals surface area contributed by atoms with Crippen molar-refractivity contribution in [3.05, 3.63) is 57.6 Å². The maximum absolute atomic E-state index is 5.65. The molecule has 3 aromatic rings. The molecule has 0 atom stereocenters. The Kier molecular flexibility index (Phi) is 3.47.